The molecule has 0 aliphatic carbocycles. The number of aryl methyl sites for hydroxylation is 1. The first-order chi connectivity index (χ1) is 12.7. The van der Waals surface area contributed by atoms with Crippen LogP contribution in [-0.2, 0) is 6.42 Å². The van der Waals surface area contributed by atoms with Gasteiger partial charge in [0.2, 0.25) is 0 Å². The summed E-state index contributed by atoms with van der Waals surface area (Å²) in [5.41, 5.74) is 3.21. The van der Waals surface area contributed by atoms with Crippen LogP contribution in [0, 0.1) is 0 Å². The van der Waals surface area contributed by atoms with Crippen LogP contribution in [0.1, 0.15) is 58.9 Å². The first-order valence-corrected chi connectivity index (χ1v) is 9.47. The number of hydrogen-bond donors (Lipinski definition) is 1. The maximum atomic E-state index is 12.6. The molecule has 0 radical (unpaired) electrons. The molecule has 4 heteroatoms. The van der Waals surface area contributed by atoms with Crippen LogP contribution in [0.3, 0.4) is 0 Å². The zero-order valence-corrected chi connectivity index (χ0v) is 15.3. The number of nitrogens with one attached hydrogen (secondary N) is 1. The van der Waals surface area contributed by atoms with Gasteiger partial charge in [0.05, 0.1) is 0 Å². The molecule has 136 valence electrons. The molecule has 0 bridgehead atoms. The van der Waals surface area contributed by atoms with E-state index in [2.05, 4.69) is 12.2 Å². The second kappa shape index (κ2) is 8.65. The van der Waals surface area contributed by atoms with Crippen molar-refractivity contribution >= 4 is 17.5 Å². The summed E-state index contributed by atoms with van der Waals surface area (Å²) >= 11 is 0. The van der Waals surface area contributed by atoms with Gasteiger partial charge in [0.15, 0.2) is 0 Å². The molecule has 1 saturated heterocycles. The molecule has 0 spiro atoms. The van der Waals surface area contributed by atoms with Crippen LogP contribution in [0.2, 0.25) is 0 Å². The highest BCUT2D eigenvalue weighted by Crippen LogP contribution is 2.15. The molecule has 0 aromatic heterocycles. The van der Waals surface area contributed by atoms with E-state index in [9.17, 15) is 9.59 Å². The number of likely N-dealkylation sites (tertiary alicyclic amines) is 1. The third-order valence-electron chi connectivity index (χ3n) is 4.91. The summed E-state index contributed by atoms with van der Waals surface area (Å²) in [7, 11) is 0. The lowest BCUT2D eigenvalue weighted by Crippen LogP contribution is -2.31. The van der Waals surface area contributed by atoms with Crippen LogP contribution in [-0.4, -0.2) is 29.8 Å². The zero-order valence-electron chi connectivity index (χ0n) is 15.3. The van der Waals surface area contributed by atoms with Gasteiger partial charge in [-0.3, -0.25) is 9.59 Å². The number of carbonyl (C=O) groups excluding carboxylic acids is 2. The van der Waals surface area contributed by atoms with Crippen LogP contribution in [0.25, 0.3) is 0 Å². The molecular formula is C22H26N2O2. The van der Waals surface area contributed by atoms with E-state index in [1.165, 1.54) is 18.4 Å². The monoisotopic (exact) mass is 350 g/mol. The van der Waals surface area contributed by atoms with E-state index in [0.717, 1.165) is 38.0 Å². The SMILES string of the molecule is CCc1ccc(NC(=O)c2ccc(C(=O)N3CCCCCC3)cc2)cc1. The molecule has 0 saturated carbocycles. The standard InChI is InChI=1S/C22H26N2O2/c1-2-17-7-13-20(14-8-17)23-21(25)18-9-11-19(12-10-18)22(26)24-15-5-3-4-6-16-24/h7-14H,2-6,15-16H2,1H3,(H,23,25). The third-order valence-corrected chi connectivity index (χ3v) is 4.91. The minimum Gasteiger partial charge on any atom is -0.339 e. The molecule has 3 rings (SSSR count). The van der Waals surface area contributed by atoms with Crippen LogP contribution >= 0.6 is 0 Å². The third kappa shape index (κ3) is 4.51. The normalized spacial score (nSPS) is 14.6. The number of anilines is 1. The summed E-state index contributed by atoms with van der Waals surface area (Å²) in [6.45, 7) is 3.76. The summed E-state index contributed by atoms with van der Waals surface area (Å²) in [4.78, 5) is 26.9. The van der Waals surface area contributed by atoms with Crippen molar-refractivity contribution in [2.75, 3.05) is 18.4 Å². The van der Waals surface area contributed by atoms with E-state index in [0.29, 0.717) is 11.1 Å². The van der Waals surface area contributed by atoms with E-state index in [1.54, 1.807) is 24.3 Å². The minimum atomic E-state index is -0.164. The molecule has 0 atom stereocenters. The number of hydrogen-bond acceptors (Lipinski definition) is 2. The largest absolute Gasteiger partial charge is 0.339 e. The Labute approximate surface area is 155 Å². The molecule has 4 nitrogen and oxygen atoms in total. The van der Waals surface area contributed by atoms with Gasteiger partial charge in [-0.1, -0.05) is 31.9 Å². The number of benzene rings is 2. The Balaban J connectivity index is 1.64. The molecule has 2 aromatic carbocycles. The predicted molar refractivity (Wildman–Crippen MR) is 105 cm³/mol. The second-order valence-electron chi connectivity index (χ2n) is 6.79. The minimum absolute atomic E-state index is 0.0639. The van der Waals surface area contributed by atoms with Gasteiger partial charge in [0.25, 0.3) is 11.8 Å². The van der Waals surface area contributed by atoms with Gasteiger partial charge in [0.1, 0.15) is 0 Å². The van der Waals surface area contributed by atoms with E-state index in [4.69, 9.17) is 0 Å². The van der Waals surface area contributed by atoms with Gasteiger partial charge in [0, 0.05) is 29.9 Å². The lowest BCUT2D eigenvalue weighted by atomic mass is 10.1. The van der Waals surface area contributed by atoms with Crippen molar-refractivity contribution in [2.24, 2.45) is 0 Å². The fourth-order valence-corrected chi connectivity index (χ4v) is 3.25. The molecule has 2 amide bonds. The molecule has 0 unspecified atom stereocenters. The van der Waals surface area contributed by atoms with Gasteiger partial charge in [-0.15, -0.1) is 0 Å². The molecule has 2 aromatic rings. The lowest BCUT2D eigenvalue weighted by Gasteiger charge is -2.20. The Kier molecular flexibility index (Phi) is 6.05. The van der Waals surface area contributed by atoms with Crippen molar-refractivity contribution in [2.45, 2.75) is 39.0 Å². The number of nitrogens with zero attached hydrogens (tertiary/aromatic N) is 1. The second-order valence-corrected chi connectivity index (χ2v) is 6.79. The number of carbonyl (C=O) groups is 2. The number of rotatable bonds is 4. The fourth-order valence-electron chi connectivity index (χ4n) is 3.25. The Morgan fingerprint density at radius 1 is 0.846 bits per heavy atom. The Morgan fingerprint density at radius 2 is 1.42 bits per heavy atom. The Morgan fingerprint density at radius 3 is 2.00 bits per heavy atom. The maximum absolute atomic E-state index is 12.6. The first kappa shape index (κ1) is 18.2. The molecule has 1 heterocycles. The summed E-state index contributed by atoms with van der Waals surface area (Å²) < 4.78 is 0. The van der Waals surface area contributed by atoms with Crippen LogP contribution < -0.4 is 5.32 Å². The Hall–Kier alpha value is -2.62. The van der Waals surface area contributed by atoms with Gasteiger partial charge >= 0.3 is 0 Å². The molecule has 1 N–H and O–H groups in total. The lowest BCUT2D eigenvalue weighted by molar-refractivity contribution is 0.0761. The summed E-state index contributed by atoms with van der Waals surface area (Å²) in [6.07, 6.45) is 5.51. The van der Waals surface area contributed by atoms with Crippen LogP contribution in [0.4, 0.5) is 5.69 Å². The summed E-state index contributed by atoms with van der Waals surface area (Å²) in [6, 6.07) is 14.8. The van der Waals surface area contributed by atoms with Crippen molar-refractivity contribution in [3.05, 3.63) is 65.2 Å². The maximum Gasteiger partial charge on any atom is 0.255 e. The highest BCUT2D eigenvalue weighted by molar-refractivity contribution is 6.05. The van der Waals surface area contributed by atoms with E-state index in [-0.39, 0.29) is 11.8 Å². The van der Waals surface area contributed by atoms with Gasteiger partial charge in [-0.05, 0) is 61.2 Å². The average Bonchev–Trinajstić information content (AvgIpc) is 2.97. The highest BCUT2D eigenvalue weighted by Gasteiger charge is 2.17. The highest BCUT2D eigenvalue weighted by atomic mass is 16.2. The number of amides is 2. The predicted octanol–water partition coefficient (Wildman–Crippen LogP) is 4.52. The van der Waals surface area contributed by atoms with Crippen molar-refractivity contribution in [3.63, 3.8) is 0 Å². The summed E-state index contributed by atoms with van der Waals surface area (Å²) in [5.74, 6) is -0.1000. The van der Waals surface area contributed by atoms with Crippen molar-refractivity contribution < 1.29 is 9.59 Å². The van der Waals surface area contributed by atoms with Gasteiger partial charge in [-0.25, -0.2) is 0 Å². The van der Waals surface area contributed by atoms with E-state index >= 15 is 0 Å². The van der Waals surface area contributed by atoms with E-state index < -0.39 is 0 Å². The average molecular weight is 350 g/mol. The smallest absolute Gasteiger partial charge is 0.255 e. The molecule has 1 fully saturated rings. The van der Waals surface area contributed by atoms with Gasteiger partial charge < -0.3 is 10.2 Å². The molecular weight excluding hydrogens is 324 g/mol. The van der Waals surface area contributed by atoms with Crippen LogP contribution in [0.15, 0.2) is 48.5 Å². The summed E-state index contributed by atoms with van der Waals surface area (Å²) in [5, 5.41) is 2.90. The quantitative estimate of drug-likeness (QED) is 0.881. The molecule has 1 aliphatic heterocycles. The molecule has 26 heavy (non-hydrogen) atoms. The topological polar surface area (TPSA) is 49.4 Å². The van der Waals surface area contributed by atoms with Crippen LogP contribution in [0.5, 0.6) is 0 Å². The van der Waals surface area contributed by atoms with Crippen molar-refractivity contribution in [1.29, 1.82) is 0 Å². The van der Waals surface area contributed by atoms with E-state index in [1.807, 2.05) is 29.2 Å². The Bertz CT molecular complexity index is 743. The van der Waals surface area contributed by atoms with Gasteiger partial charge in [-0.2, -0.15) is 0 Å². The fraction of sp³-hybridized carbons (Fsp3) is 0.364. The van der Waals surface area contributed by atoms with Crippen molar-refractivity contribution in [1.82, 2.24) is 4.90 Å². The first-order valence-electron chi connectivity index (χ1n) is 9.47. The molecule has 1 aliphatic rings. The van der Waals surface area contributed by atoms with Crippen molar-refractivity contribution in [3.8, 4) is 0 Å². The zero-order chi connectivity index (χ0) is 18.4.